The molecule has 0 fully saturated rings. The van der Waals surface area contributed by atoms with Gasteiger partial charge < -0.3 is 20.3 Å². The van der Waals surface area contributed by atoms with Gasteiger partial charge in [-0.15, -0.1) is 0 Å². The molecule has 0 aliphatic carbocycles. The number of nitrogens with one attached hydrogen (secondary N) is 1. The Labute approximate surface area is 114 Å². The number of carbonyl (C=O) groups is 1. The van der Waals surface area contributed by atoms with Crippen molar-refractivity contribution < 1.29 is 19.7 Å². The Bertz CT molecular complexity index is 439. The summed E-state index contributed by atoms with van der Waals surface area (Å²) in [6.45, 7) is -0.334. The van der Waals surface area contributed by atoms with Crippen molar-refractivity contribution >= 4 is 34.9 Å². The zero-order valence-electron chi connectivity index (χ0n) is 9.61. The van der Waals surface area contributed by atoms with E-state index in [1.54, 1.807) is 0 Å². The lowest BCUT2D eigenvalue weighted by atomic mass is 10.2. The molecule has 100 valence electrons. The van der Waals surface area contributed by atoms with Gasteiger partial charge in [-0.05, 0) is 12.1 Å². The lowest BCUT2D eigenvalue weighted by Crippen LogP contribution is -2.23. The van der Waals surface area contributed by atoms with Crippen LogP contribution in [0, 0.1) is 0 Å². The fourth-order valence-corrected chi connectivity index (χ4v) is 1.85. The van der Waals surface area contributed by atoms with Crippen LogP contribution in [0.15, 0.2) is 12.1 Å². The SMILES string of the molecule is COC(=O)c1ccc(Cl)c(NCC(O)CO)c1Cl. The summed E-state index contributed by atoms with van der Waals surface area (Å²) in [5, 5.41) is 21.1. The lowest BCUT2D eigenvalue weighted by molar-refractivity contribution is 0.0601. The second kappa shape index (κ2) is 6.80. The molecule has 1 unspecified atom stereocenters. The summed E-state index contributed by atoms with van der Waals surface area (Å²) >= 11 is 12.0. The monoisotopic (exact) mass is 293 g/mol. The van der Waals surface area contributed by atoms with Crippen LogP contribution < -0.4 is 5.32 Å². The molecule has 0 aliphatic heterocycles. The highest BCUT2D eigenvalue weighted by Gasteiger charge is 2.17. The fourth-order valence-electron chi connectivity index (χ4n) is 1.27. The van der Waals surface area contributed by atoms with Crippen LogP contribution in [0.4, 0.5) is 5.69 Å². The minimum atomic E-state index is -0.945. The third-order valence-corrected chi connectivity index (χ3v) is 2.93. The number of esters is 1. The highest BCUT2D eigenvalue weighted by atomic mass is 35.5. The molecular formula is C11H13Cl2NO4. The Morgan fingerprint density at radius 3 is 2.72 bits per heavy atom. The predicted molar refractivity (Wildman–Crippen MR) is 69.4 cm³/mol. The van der Waals surface area contributed by atoms with Crippen molar-refractivity contribution in [1.29, 1.82) is 0 Å². The number of hydrogen-bond donors (Lipinski definition) is 3. The molecule has 0 aromatic heterocycles. The Morgan fingerprint density at radius 2 is 2.17 bits per heavy atom. The quantitative estimate of drug-likeness (QED) is 0.718. The van der Waals surface area contributed by atoms with Crippen LogP contribution in [-0.4, -0.2) is 42.5 Å². The number of benzene rings is 1. The van der Waals surface area contributed by atoms with Crippen molar-refractivity contribution in [1.82, 2.24) is 0 Å². The molecular weight excluding hydrogens is 281 g/mol. The average Bonchev–Trinajstić information content (AvgIpc) is 2.37. The molecule has 0 aliphatic rings. The van der Waals surface area contributed by atoms with Crippen LogP contribution in [0.25, 0.3) is 0 Å². The number of ether oxygens (including phenoxy) is 1. The van der Waals surface area contributed by atoms with Gasteiger partial charge in [-0.3, -0.25) is 0 Å². The third kappa shape index (κ3) is 3.49. The zero-order chi connectivity index (χ0) is 13.7. The summed E-state index contributed by atoms with van der Waals surface area (Å²) in [5.74, 6) is -0.581. The molecule has 18 heavy (non-hydrogen) atoms. The van der Waals surface area contributed by atoms with Crippen LogP contribution in [0.5, 0.6) is 0 Å². The Hall–Kier alpha value is -1.01. The summed E-state index contributed by atoms with van der Waals surface area (Å²) in [6.07, 6.45) is -0.945. The molecule has 1 rings (SSSR count). The summed E-state index contributed by atoms with van der Waals surface area (Å²) in [6, 6.07) is 2.94. The molecule has 1 aromatic rings. The van der Waals surface area contributed by atoms with Crippen LogP contribution in [-0.2, 0) is 4.74 Å². The first kappa shape index (κ1) is 15.0. The van der Waals surface area contributed by atoms with Gasteiger partial charge in [0.25, 0.3) is 0 Å². The van der Waals surface area contributed by atoms with Gasteiger partial charge in [0.15, 0.2) is 0 Å². The summed E-state index contributed by atoms with van der Waals surface area (Å²) < 4.78 is 4.58. The zero-order valence-corrected chi connectivity index (χ0v) is 11.1. The van der Waals surface area contributed by atoms with E-state index in [2.05, 4.69) is 10.1 Å². The number of halogens is 2. The topological polar surface area (TPSA) is 78.8 Å². The lowest BCUT2D eigenvalue weighted by Gasteiger charge is -2.14. The molecule has 0 bridgehead atoms. The maximum atomic E-state index is 11.4. The van der Waals surface area contributed by atoms with Gasteiger partial charge >= 0.3 is 5.97 Å². The fraction of sp³-hybridized carbons (Fsp3) is 0.364. The van der Waals surface area contributed by atoms with Gasteiger partial charge in [-0.2, -0.15) is 0 Å². The smallest absolute Gasteiger partial charge is 0.339 e. The van der Waals surface area contributed by atoms with Crippen LogP contribution in [0.2, 0.25) is 10.0 Å². The van der Waals surface area contributed by atoms with Gasteiger partial charge in [-0.1, -0.05) is 23.2 Å². The van der Waals surface area contributed by atoms with Gasteiger partial charge in [0.1, 0.15) is 0 Å². The minimum Gasteiger partial charge on any atom is -0.465 e. The molecule has 7 heteroatoms. The van der Waals surface area contributed by atoms with Gasteiger partial charge in [-0.25, -0.2) is 4.79 Å². The van der Waals surface area contributed by atoms with E-state index in [0.717, 1.165) is 0 Å². The van der Waals surface area contributed by atoms with Gasteiger partial charge in [0, 0.05) is 6.54 Å². The molecule has 1 atom stereocenters. The number of aliphatic hydroxyl groups excluding tert-OH is 2. The number of anilines is 1. The molecule has 5 nitrogen and oxygen atoms in total. The number of aliphatic hydroxyl groups is 2. The standard InChI is InChI=1S/C11H13Cl2NO4/c1-18-11(17)7-2-3-8(12)10(9(7)13)14-4-6(16)5-15/h2-3,6,14-16H,4-5H2,1H3. The van der Waals surface area contributed by atoms with Crippen molar-refractivity contribution in [2.24, 2.45) is 0 Å². The second-order valence-corrected chi connectivity index (χ2v) is 4.28. The van der Waals surface area contributed by atoms with E-state index in [1.807, 2.05) is 0 Å². The molecule has 0 amide bonds. The maximum absolute atomic E-state index is 11.4. The first-order valence-electron chi connectivity index (χ1n) is 5.10. The van der Waals surface area contributed by atoms with Crippen molar-refractivity contribution in [3.05, 3.63) is 27.7 Å². The molecule has 0 saturated heterocycles. The van der Waals surface area contributed by atoms with Crippen LogP contribution in [0.3, 0.4) is 0 Å². The van der Waals surface area contributed by atoms with E-state index in [1.165, 1.54) is 19.2 Å². The van der Waals surface area contributed by atoms with E-state index >= 15 is 0 Å². The molecule has 0 saturated carbocycles. The minimum absolute atomic E-state index is 0.0561. The maximum Gasteiger partial charge on any atom is 0.339 e. The summed E-state index contributed by atoms with van der Waals surface area (Å²) in [7, 11) is 1.25. The van der Waals surface area contributed by atoms with Crippen molar-refractivity contribution in [3.8, 4) is 0 Å². The summed E-state index contributed by atoms with van der Waals surface area (Å²) in [4.78, 5) is 11.4. The van der Waals surface area contributed by atoms with Gasteiger partial charge in [0.05, 0.1) is 41.1 Å². The average molecular weight is 294 g/mol. The highest BCUT2D eigenvalue weighted by Crippen LogP contribution is 2.33. The molecule has 1 aromatic carbocycles. The third-order valence-electron chi connectivity index (χ3n) is 2.22. The van der Waals surface area contributed by atoms with E-state index < -0.39 is 12.1 Å². The molecule has 0 heterocycles. The predicted octanol–water partition coefficient (Wildman–Crippen LogP) is 1.55. The second-order valence-electron chi connectivity index (χ2n) is 3.49. The van der Waals surface area contributed by atoms with E-state index in [-0.39, 0.29) is 23.7 Å². The first-order chi connectivity index (χ1) is 8.51. The summed E-state index contributed by atoms with van der Waals surface area (Å²) in [5.41, 5.74) is 0.485. The highest BCUT2D eigenvalue weighted by molar-refractivity contribution is 6.40. The molecule has 0 spiro atoms. The Morgan fingerprint density at radius 1 is 1.50 bits per heavy atom. The van der Waals surface area contributed by atoms with Crippen molar-refractivity contribution in [2.45, 2.75) is 6.10 Å². The largest absolute Gasteiger partial charge is 0.465 e. The van der Waals surface area contributed by atoms with Crippen molar-refractivity contribution in [3.63, 3.8) is 0 Å². The van der Waals surface area contributed by atoms with Crippen LogP contribution >= 0.6 is 23.2 Å². The van der Waals surface area contributed by atoms with Gasteiger partial charge in [0.2, 0.25) is 0 Å². The normalized spacial score (nSPS) is 12.1. The number of hydrogen-bond acceptors (Lipinski definition) is 5. The van der Waals surface area contributed by atoms with E-state index in [4.69, 9.17) is 28.3 Å². The Balaban J connectivity index is 2.99. The number of rotatable bonds is 5. The number of methoxy groups -OCH3 is 1. The molecule has 3 N–H and O–H groups in total. The molecule has 0 radical (unpaired) electrons. The van der Waals surface area contributed by atoms with Crippen LogP contribution in [0.1, 0.15) is 10.4 Å². The van der Waals surface area contributed by atoms with Crippen molar-refractivity contribution in [2.75, 3.05) is 25.6 Å². The first-order valence-corrected chi connectivity index (χ1v) is 5.86. The Kier molecular flexibility index (Phi) is 5.68. The number of carbonyl (C=O) groups excluding carboxylic acids is 1. The van der Waals surface area contributed by atoms with E-state index in [9.17, 15) is 9.90 Å². The van der Waals surface area contributed by atoms with E-state index in [0.29, 0.717) is 10.7 Å².